The first-order valence-electron chi connectivity index (χ1n) is 7.00. The normalized spacial score (nSPS) is 10.7. The Morgan fingerprint density at radius 1 is 1.14 bits per heavy atom. The largest absolute Gasteiger partial charge is 0.494 e. The molecule has 1 aromatic heterocycles. The van der Waals surface area contributed by atoms with E-state index in [0.717, 1.165) is 22.5 Å². The minimum atomic E-state index is -0.168. The fourth-order valence-electron chi connectivity index (χ4n) is 2.47. The number of aryl methyl sites for hydroxylation is 1. The maximum atomic E-state index is 9.59. The number of para-hydroxylation sites is 2. The first-order chi connectivity index (χ1) is 10.7. The van der Waals surface area contributed by atoms with Crippen LogP contribution in [0.2, 0.25) is 0 Å². The zero-order valence-corrected chi connectivity index (χ0v) is 12.5. The van der Waals surface area contributed by atoms with E-state index in [-0.39, 0.29) is 6.61 Å². The molecule has 0 bridgehead atoms. The van der Waals surface area contributed by atoms with Crippen molar-refractivity contribution < 1.29 is 9.84 Å². The number of rotatable bonds is 4. The minimum absolute atomic E-state index is 0.168. The van der Waals surface area contributed by atoms with Crippen molar-refractivity contribution in [1.29, 1.82) is 0 Å². The molecule has 0 unspecified atom stereocenters. The molecule has 2 aromatic carbocycles. The van der Waals surface area contributed by atoms with Crippen molar-refractivity contribution in [3.05, 3.63) is 59.8 Å². The molecule has 3 rings (SSSR count). The Morgan fingerprint density at radius 2 is 1.95 bits per heavy atom. The molecular weight excluding hydrogens is 278 g/mol. The maximum absolute atomic E-state index is 9.59. The van der Waals surface area contributed by atoms with E-state index in [1.54, 1.807) is 11.8 Å². The van der Waals surface area contributed by atoms with Gasteiger partial charge in [0.15, 0.2) is 0 Å². The minimum Gasteiger partial charge on any atom is -0.494 e. The maximum Gasteiger partial charge on any atom is 0.144 e. The van der Waals surface area contributed by atoms with Crippen molar-refractivity contribution in [3.8, 4) is 22.7 Å². The van der Waals surface area contributed by atoms with Crippen molar-refractivity contribution in [2.24, 2.45) is 0 Å². The third-order valence-electron chi connectivity index (χ3n) is 3.49. The number of hydrogen-bond donors (Lipinski definition) is 1. The van der Waals surface area contributed by atoms with Crippen LogP contribution >= 0.6 is 0 Å². The number of ether oxygens (including phenoxy) is 1. The van der Waals surface area contributed by atoms with Gasteiger partial charge in [0.2, 0.25) is 0 Å². The molecule has 5 nitrogen and oxygen atoms in total. The zero-order valence-electron chi connectivity index (χ0n) is 12.5. The Balaban J connectivity index is 2.24. The number of benzene rings is 2. The third kappa shape index (κ3) is 2.46. The van der Waals surface area contributed by atoms with Crippen molar-refractivity contribution in [1.82, 2.24) is 15.0 Å². The molecule has 0 saturated heterocycles. The first kappa shape index (κ1) is 14.3. The van der Waals surface area contributed by atoms with Gasteiger partial charge in [0.1, 0.15) is 22.8 Å². The number of nitrogens with zero attached hydrogens (tertiary/aromatic N) is 3. The average molecular weight is 295 g/mol. The highest BCUT2D eigenvalue weighted by Crippen LogP contribution is 2.30. The molecule has 112 valence electrons. The molecule has 0 radical (unpaired) electrons. The van der Waals surface area contributed by atoms with Gasteiger partial charge in [-0.15, -0.1) is 5.10 Å². The van der Waals surface area contributed by atoms with Gasteiger partial charge in [-0.3, -0.25) is 0 Å². The van der Waals surface area contributed by atoms with E-state index < -0.39 is 0 Å². The molecule has 0 amide bonds. The fraction of sp³-hybridized carbons (Fsp3) is 0.176. The first-order valence-corrected chi connectivity index (χ1v) is 7.00. The van der Waals surface area contributed by atoms with Crippen molar-refractivity contribution >= 4 is 0 Å². The van der Waals surface area contributed by atoms with Gasteiger partial charge in [-0.05, 0) is 25.1 Å². The number of methoxy groups -OCH3 is 1. The predicted molar refractivity (Wildman–Crippen MR) is 84.0 cm³/mol. The number of aliphatic hydroxyl groups excluding tert-OH is 1. The molecular formula is C17H17N3O2. The van der Waals surface area contributed by atoms with Gasteiger partial charge in [0, 0.05) is 5.56 Å². The molecule has 0 saturated carbocycles. The number of hydrogen-bond acceptors (Lipinski definition) is 4. The third-order valence-corrected chi connectivity index (χ3v) is 3.49. The van der Waals surface area contributed by atoms with Gasteiger partial charge >= 0.3 is 0 Å². The van der Waals surface area contributed by atoms with Gasteiger partial charge in [-0.2, -0.15) is 0 Å². The molecule has 5 heteroatoms. The van der Waals surface area contributed by atoms with Crippen molar-refractivity contribution in [2.45, 2.75) is 13.5 Å². The quantitative estimate of drug-likeness (QED) is 0.804. The summed E-state index contributed by atoms with van der Waals surface area (Å²) in [7, 11) is 1.62. The standard InChI is InChI=1S/C17H17N3O2/c1-12-6-5-7-13(10-12)17-14(11-21)18-19-20(17)15-8-3-4-9-16(15)22-2/h3-10,21H,11H2,1-2H3. The number of aromatic nitrogens is 3. The highest BCUT2D eigenvalue weighted by molar-refractivity contribution is 5.66. The van der Waals surface area contributed by atoms with Crippen LogP contribution in [0.1, 0.15) is 11.3 Å². The van der Waals surface area contributed by atoms with E-state index in [1.165, 1.54) is 0 Å². The van der Waals surface area contributed by atoms with Gasteiger partial charge in [-0.25, -0.2) is 4.68 Å². The van der Waals surface area contributed by atoms with Crippen LogP contribution in [0.3, 0.4) is 0 Å². The van der Waals surface area contributed by atoms with E-state index in [9.17, 15) is 5.11 Å². The molecule has 0 spiro atoms. The number of aliphatic hydroxyl groups is 1. The second-order valence-electron chi connectivity index (χ2n) is 5.00. The highest BCUT2D eigenvalue weighted by Gasteiger charge is 2.18. The van der Waals surface area contributed by atoms with Gasteiger partial charge in [-0.1, -0.05) is 41.1 Å². The van der Waals surface area contributed by atoms with Crippen LogP contribution in [0, 0.1) is 6.92 Å². The molecule has 0 aliphatic heterocycles. The predicted octanol–water partition coefficient (Wildman–Crippen LogP) is 2.74. The molecule has 0 aliphatic rings. The van der Waals surface area contributed by atoms with E-state index in [2.05, 4.69) is 10.3 Å². The second kappa shape index (κ2) is 5.99. The lowest BCUT2D eigenvalue weighted by molar-refractivity contribution is 0.277. The van der Waals surface area contributed by atoms with E-state index in [4.69, 9.17) is 4.74 Å². The molecule has 0 atom stereocenters. The zero-order chi connectivity index (χ0) is 15.5. The van der Waals surface area contributed by atoms with Crippen LogP contribution in [-0.2, 0) is 6.61 Å². The van der Waals surface area contributed by atoms with Gasteiger partial charge in [0.25, 0.3) is 0 Å². The summed E-state index contributed by atoms with van der Waals surface area (Å²) in [6.45, 7) is 1.86. The summed E-state index contributed by atoms with van der Waals surface area (Å²) in [6.07, 6.45) is 0. The Labute approximate surface area is 128 Å². The molecule has 3 aromatic rings. The van der Waals surface area contributed by atoms with E-state index in [0.29, 0.717) is 11.4 Å². The summed E-state index contributed by atoms with van der Waals surface area (Å²) in [4.78, 5) is 0. The Morgan fingerprint density at radius 3 is 2.68 bits per heavy atom. The summed E-state index contributed by atoms with van der Waals surface area (Å²) in [5.41, 5.74) is 4.19. The van der Waals surface area contributed by atoms with Crippen LogP contribution in [0.5, 0.6) is 5.75 Å². The van der Waals surface area contributed by atoms with Crippen LogP contribution in [-0.4, -0.2) is 27.2 Å². The topological polar surface area (TPSA) is 60.2 Å². The summed E-state index contributed by atoms with van der Waals surface area (Å²) in [5, 5.41) is 17.9. The van der Waals surface area contributed by atoms with Crippen LogP contribution in [0.4, 0.5) is 0 Å². The van der Waals surface area contributed by atoms with Crippen molar-refractivity contribution in [2.75, 3.05) is 7.11 Å². The lowest BCUT2D eigenvalue weighted by Gasteiger charge is -2.11. The molecule has 1 N–H and O–H groups in total. The molecule has 22 heavy (non-hydrogen) atoms. The Bertz CT molecular complexity index is 796. The smallest absolute Gasteiger partial charge is 0.144 e. The monoisotopic (exact) mass is 295 g/mol. The molecule has 1 heterocycles. The SMILES string of the molecule is COc1ccccc1-n1nnc(CO)c1-c1cccc(C)c1. The molecule has 0 fully saturated rings. The lowest BCUT2D eigenvalue weighted by Crippen LogP contribution is -2.02. The fourth-order valence-corrected chi connectivity index (χ4v) is 2.47. The highest BCUT2D eigenvalue weighted by atomic mass is 16.5. The van der Waals surface area contributed by atoms with Crippen LogP contribution in [0.25, 0.3) is 16.9 Å². The summed E-state index contributed by atoms with van der Waals surface area (Å²) in [6, 6.07) is 15.6. The van der Waals surface area contributed by atoms with Crippen molar-refractivity contribution in [3.63, 3.8) is 0 Å². The summed E-state index contributed by atoms with van der Waals surface area (Å²) in [5.74, 6) is 0.700. The Hall–Kier alpha value is -2.66. The average Bonchev–Trinajstić information content (AvgIpc) is 2.98. The summed E-state index contributed by atoms with van der Waals surface area (Å²) >= 11 is 0. The second-order valence-corrected chi connectivity index (χ2v) is 5.00. The Kier molecular flexibility index (Phi) is 3.89. The van der Waals surface area contributed by atoms with Gasteiger partial charge in [0.05, 0.1) is 13.7 Å². The lowest BCUT2D eigenvalue weighted by atomic mass is 10.1. The van der Waals surface area contributed by atoms with E-state index in [1.807, 2.05) is 55.5 Å². The summed E-state index contributed by atoms with van der Waals surface area (Å²) < 4.78 is 7.11. The van der Waals surface area contributed by atoms with E-state index >= 15 is 0 Å². The van der Waals surface area contributed by atoms with Crippen LogP contribution < -0.4 is 4.74 Å². The molecule has 0 aliphatic carbocycles. The van der Waals surface area contributed by atoms with Gasteiger partial charge < -0.3 is 9.84 Å². The van der Waals surface area contributed by atoms with Crippen LogP contribution in [0.15, 0.2) is 48.5 Å².